The van der Waals surface area contributed by atoms with Crippen LogP contribution in [0.1, 0.15) is 33.6 Å². The number of amides is 1. The van der Waals surface area contributed by atoms with E-state index < -0.39 is 21.8 Å². The molecule has 1 aliphatic heterocycles. The van der Waals surface area contributed by atoms with Crippen molar-refractivity contribution in [2.75, 3.05) is 18.8 Å². The summed E-state index contributed by atoms with van der Waals surface area (Å²) in [6, 6.07) is 0.465. The van der Waals surface area contributed by atoms with Gasteiger partial charge >= 0.3 is 0 Å². The second-order valence-corrected chi connectivity index (χ2v) is 7.41. The van der Waals surface area contributed by atoms with Crippen LogP contribution in [0.15, 0.2) is 0 Å². The first-order chi connectivity index (χ1) is 8.71. The Bertz CT molecular complexity index is 400. The van der Waals surface area contributed by atoms with Gasteiger partial charge in [-0.05, 0) is 39.8 Å². The standard InChI is InChI=1S/C12H25N3O3S/c1-9(2)15-6-4-11(5-7-15)14-19(17,18)8-10(3)12(13)16/h9-11,14H,4-8H2,1-3H3,(H2,13,16). The van der Waals surface area contributed by atoms with E-state index in [2.05, 4.69) is 23.5 Å². The van der Waals surface area contributed by atoms with Crippen molar-refractivity contribution in [2.45, 2.75) is 45.7 Å². The summed E-state index contributed by atoms with van der Waals surface area (Å²) in [5, 5.41) is 0. The highest BCUT2D eigenvalue weighted by molar-refractivity contribution is 7.89. The van der Waals surface area contributed by atoms with Crippen LogP contribution in [0.25, 0.3) is 0 Å². The number of carbonyl (C=O) groups is 1. The predicted octanol–water partition coefficient (Wildman–Crippen LogP) is -0.1000. The summed E-state index contributed by atoms with van der Waals surface area (Å²) >= 11 is 0. The van der Waals surface area contributed by atoms with Gasteiger partial charge in [0.1, 0.15) is 0 Å². The molecule has 1 unspecified atom stereocenters. The molecule has 7 heteroatoms. The van der Waals surface area contributed by atoms with Crippen LogP contribution < -0.4 is 10.5 Å². The van der Waals surface area contributed by atoms with E-state index in [0.29, 0.717) is 6.04 Å². The summed E-state index contributed by atoms with van der Waals surface area (Å²) in [5.74, 6) is -1.47. The third kappa shape index (κ3) is 5.46. The summed E-state index contributed by atoms with van der Waals surface area (Å²) in [6.45, 7) is 7.60. The molecule has 0 saturated carbocycles. The molecule has 1 amide bonds. The van der Waals surface area contributed by atoms with Crippen LogP contribution in [0.5, 0.6) is 0 Å². The first kappa shape index (κ1) is 16.4. The van der Waals surface area contributed by atoms with Crippen LogP contribution in [0.3, 0.4) is 0 Å². The number of hydrogen-bond acceptors (Lipinski definition) is 4. The highest BCUT2D eigenvalue weighted by Crippen LogP contribution is 2.14. The van der Waals surface area contributed by atoms with Crippen molar-refractivity contribution in [3.05, 3.63) is 0 Å². The molecule has 0 spiro atoms. The average Bonchev–Trinajstić information content (AvgIpc) is 2.28. The van der Waals surface area contributed by atoms with Gasteiger partial charge in [0.25, 0.3) is 0 Å². The average molecular weight is 291 g/mol. The zero-order valence-electron chi connectivity index (χ0n) is 11.9. The van der Waals surface area contributed by atoms with E-state index in [0.717, 1.165) is 25.9 Å². The Morgan fingerprint density at radius 1 is 1.32 bits per heavy atom. The first-order valence-corrected chi connectivity index (χ1v) is 8.40. The molecule has 3 N–H and O–H groups in total. The maximum absolute atomic E-state index is 11.9. The van der Waals surface area contributed by atoms with Gasteiger partial charge in [-0.2, -0.15) is 0 Å². The van der Waals surface area contributed by atoms with E-state index in [9.17, 15) is 13.2 Å². The van der Waals surface area contributed by atoms with E-state index in [-0.39, 0.29) is 11.8 Å². The zero-order valence-corrected chi connectivity index (χ0v) is 12.7. The van der Waals surface area contributed by atoms with Crippen LogP contribution in [-0.2, 0) is 14.8 Å². The molecule has 1 atom stereocenters. The Morgan fingerprint density at radius 3 is 2.26 bits per heavy atom. The van der Waals surface area contributed by atoms with E-state index in [1.807, 2.05) is 0 Å². The Labute approximate surface area is 115 Å². The number of carbonyl (C=O) groups excluding carboxylic acids is 1. The fourth-order valence-electron chi connectivity index (χ4n) is 2.25. The maximum Gasteiger partial charge on any atom is 0.221 e. The smallest absolute Gasteiger partial charge is 0.221 e. The van der Waals surface area contributed by atoms with E-state index >= 15 is 0 Å². The predicted molar refractivity (Wildman–Crippen MR) is 75.0 cm³/mol. The van der Waals surface area contributed by atoms with Crippen LogP contribution in [0.4, 0.5) is 0 Å². The van der Waals surface area contributed by atoms with Crippen molar-refractivity contribution in [1.29, 1.82) is 0 Å². The molecule has 112 valence electrons. The number of piperidine rings is 1. The summed E-state index contributed by atoms with van der Waals surface area (Å²) in [4.78, 5) is 13.2. The van der Waals surface area contributed by atoms with Crippen molar-refractivity contribution >= 4 is 15.9 Å². The molecule has 1 heterocycles. The van der Waals surface area contributed by atoms with Crippen LogP contribution >= 0.6 is 0 Å². The van der Waals surface area contributed by atoms with Crippen molar-refractivity contribution < 1.29 is 13.2 Å². The lowest BCUT2D eigenvalue weighted by atomic mass is 10.1. The van der Waals surface area contributed by atoms with Gasteiger partial charge in [0.05, 0.1) is 11.7 Å². The monoisotopic (exact) mass is 291 g/mol. The van der Waals surface area contributed by atoms with Gasteiger partial charge in [-0.1, -0.05) is 6.92 Å². The summed E-state index contributed by atoms with van der Waals surface area (Å²) in [7, 11) is -3.43. The molecule has 0 radical (unpaired) electrons. The molecule has 6 nitrogen and oxygen atoms in total. The molecule has 0 aromatic rings. The zero-order chi connectivity index (χ0) is 14.6. The molecular weight excluding hydrogens is 266 g/mol. The Balaban J connectivity index is 2.45. The molecule has 1 fully saturated rings. The van der Waals surface area contributed by atoms with Crippen molar-refractivity contribution in [3.8, 4) is 0 Å². The van der Waals surface area contributed by atoms with Crippen molar-refractivity contribution in [2.24, 2.45) is 11.7 Å². The minimum atomic E-state index is -3.43. The molecule has 1 saturated heterocycles. The third-order valence-corrected chi connectivity index (χ3v) is 5.19. The molecule has 1 rings (SSSR count). The van der Waals surface area contributed by atoms with Gasteiger partial charge in [-0.3, -0.25) is 4.79 Å². The number of nitrogens with one attached hydrogen (secondary N) is 1. The van der Waals surface area contributed by atoms with E-state index in [1.165, 1.54) is 6.92 Å². The SMILES string of the molecule is CC(CS(=O)(=O)NC1CCN(C(C)C)CC1)C(N)=O. The van der Waals surface area contributed by atoms with Crippen LogP contribution in [0, 0.1) is 5.92 Å². The van der Waals surface area contributed by atoms with Crippen molar-refractivity contribution in [3.63, 3.8) is 0 Å². The Kier molecular flexibility index (Phi) is 5.76. The highest BCUT2D eigenvalue weighted by atomic mass is 32.2. The molecule has 0 bridgehead atoms. The Hall–Kier alpha value is -0.660. The number of sulfonamides is 1. The molecule has 1 aliphatic rings. The Morgan fingerprint density at radius 2 is 1.84 bits per heavy atom. The molecule has 0 aromatic heterocycles. The minimum absolute atomic E-state index is 0.0277. The van der Waals surface area contributed by atoms with Gasteiger partial charge in [0.2, 0.25) is 15.9 Å². The van der Waals surface area contributed by atoms with Gasteiger partial charge in [0, 0.05) is 12.1 Å². The highest BCUT2D eigenvalue weighted by Gasteiger charge is 2.26. The van der Waals surface area contributed by atoms with E-state index in [4.69, 9.17) is 5.73 Å². The molecular formula is C12H25N3O3S. The first-order valence-electron chi connectivity index (χ1n) is 6.74. The molecule has 19 heavy (non-hydrogen) atoms. The third-order valence-electron chi connectivity index (χ3n) is 3.56. The van der Waals surface area contributed by atoms with Crippen molar-refractivity contribution in [1.82, 2.24) is 9.62 Å². The topological polar surface area (TPSA) is 92.5 Å². The molecule has 0 aliphatic carbocycles. The maximum atomic E-state index is 11.9. The van der Waals surface area contributed by atoms with E-state index in [1.54, 1.807) is 0 Å². The fourth-order valence-corrected chi connectivity index (χ4v) is 3.91. The number of nitrogens with two attached hydrogens (primary N) is 1. The van der Waals surface area contributed by atoms with Gasteiger partial charge in [0.15, 0.2) is 0 Å². The normalized spacial score (nSPS) is 20.6. The number of likely N-dealkylation sites (tertiary alicyclic amines) is 1. The van der Waals surface area contributed by atoms with Gasteiger partial charge in [-0.25, -0.2) is 13.1 Å². The number of hydrogen-bond donors (Lipinski definition) is 2. The lowest BCUT2D eigenvalue weighted by Gasteiger charge is -2.34. The fraction of sp³-hybridized carbons (Fsp3) is 0.917. The summed E-state index contributed by atoms with van der Waals surface area (Å²) < 4.78 is 26.5. The number of nitrogens with zero attached hydrogens (tertiary/aromatic N) is 1. The summed E-state index contributed by atoms with van der Waals surface area (Å²) in [6.07, 6.45) is 1.62. The molecule has 0 aromatic carbocycles. The van der Waals surface area contributed by atoms with Gasteiger partial charge in [-0.15, -0.1) is 0 Å². The second kappa shape index (κ2) is 6.67. The summed E-state index contributed by atoms with van der Waals surface area (Å²) in [5.41, 5.74) is 5.09. The lowest BCUT2D eigenvalue weighted by molar-refractivity contribution is -0.120. The van der Waals surface area contributed by atoms with Crippen LogP contribution in [0.2, 0.25) is 0 Å². The second-order valence-electron chi connectivity index (χ2n) is 5.61. The van der Waals surface area contributed by atoms with Gasteiger partial charge < -0.3 is 10.6 Å². The van der Waals surface area contributed by atoms with Crippen LogP contribution in [-0.4, -0.2) is 50.2 Å². The minimum Gasteiger partial charge on any atom is -0.369 e. The lowest BCUT2D eigenvalue weighted by Crippen LogP contribution is -2.47. The quantitative estimate of drug-likeness (QED) is 0.715. The number of rotatable bonds is 6. The largest absolute Gasteiger partial charge is 0.369 e. The number of primary amides is 1.